The topological polar surface area (TPSA) is 78.4 Å². The summed E-state index contributed by atoms with van der Waals surface area (Å²) in [7, 11) is 0. The Bertz CT molecular complexity index is 467. The molecule has 0 atom stereocenters. The van der Waals surface area contributed by atoms with E-state index < -0.39 is 0 Å². The number of aliphatic hydroxyl groups excluding tert-OH is 1. The van der Waals surface area contributed by atoms with Crippen molar-refractivity contribution in [2.45, 2.75) is 38.1 Å². The summed E-state index contributed by atoms with van der Waals surface area (Å²) in [6.07, 6.45) is 3.82. The van der Waals surface area contributed by atoms with Gasteiger partial charge in [0.05, 0.1) is 0 Å². The second-order valence-corrected chi connectivity index (χ2v) is 5.05. The average Bonchev–Trinajstić information content (AvgIpc) is 3.24. The van der Waals surface area contributed by atoms with Gasteiger partial charge < -0.3 is 15.7 Å². The molecule has 0 aromatic heterocycles. The van der Waals surface area contributed by atoms with Crippen LogP contribution in [0.5, 0.6) is 0 Å². The first-order chi connectivity index (χ1) is 9.69. The maximum atomic E-state index is 11.8. The van der Waals surface area contributed by atoms with Crippen LogP contribution >= 0.6 is 0 Å². The molecular formula is C15H20N2O3. The van der Waals surface area contributed by atoms with Crippen molar-refractivity contribution >= 4 is 17.5 Å². The Labute approximate surface area is 118 Å². The van der Waals surface area contributed by atoms with Crippen molar-refractivity contribution in [3.63, 3.8) is 0 Å². The van der Waals surface area contributed by atoms with Crippen molar-refractivity contribution < 1.29 is 14.7 Å². The molecule has 5 nitrogen and oxygen atoms in total. The quantitative estimate of drug-likeness (QED) is 0.663. The van der Waals surface area contributed by atoms with E-state index in [4.69, 9.17) is 5.11 Å². The highest BCUT2D eigenvalue weighted by atomic mass is 16.3. The van der Waals surface area contributed by atoms with E-state index in [0.717, 1.165) is 12.8 Å². The van der Waals surface area contributed by atoms with Gasteiger partial charge in [-0.05, 0) is 49.9 Å². The molecule has 2 rings (SSSR count). The number of carbonyl (C=O) groups is 2. The fourth-order valence-corrected chi connectivity index (χ4v) is 1.82. The van der Waals surface area contributed by atoms with Crippen LogP contribution in [-0.2, 0) is 4.79 Å². The smallest absolute Gasteiger partial charge is 0.251 e. The van der Waals surface area contributed by atoms with Crippen LogP contribution in [0.2, 0.25) is 0 Å². The van der Waals surface area contributed by atoms with E-state index in [9.17, 15) is 9.59 Å². The normalized spacial score (nSPS) is 13.8. The number of amides is 2. The van der Waals surface area contributed by atoms with Gasteiger partial charge >= 0.3 is 0 Å². The number of anilines is 1. The molecule has 2 amide bonds. The molecule has 5 heteroatoms. The SMILES string of the molecule is O=C(CCCCO)Nc1ccc(C(=O)NC2CC2)cc1. The van der Waals surface area contributed by atoms with E-state index in [2.05, 4.69) is 10.6 Å². The van der Waals surface area contributed by atoms with E-state index in [1.165, 1.54) is 0 Å². The number of aliphatic hydroxyl groups is 1. The minimum atomic E-state index is -0.0753. The van der Waals surface area contributed by atoms with Gasteiger partial charge in [0.15, 0.2) is 0 Å². The molecule has 3 N–H and O–H groups in total. The molecule has 1 aliphatic carbocycles. The first-order valence-electron chi connectivity index (χ1n) is 7.00. The Morgan fingerprint density at radius 2 is 1.85 bits per heavy atom. The number of carbonyl (C=O) groups excluding carboxylic acids is 2. The summed E-state index contributed by atoms with van der Waals surface area (Å²) in [5.41, 5.74) is 1.29. The van der Waals surface area contributed by atoms with Crippen LogP contribution in [0, 0.1) is 0 Å². The van der Waals surface area contributed by atoms with Crippen LogP contribution in [-0.4, -0.2) is 29.6 Å². The molecule has 0 radical (unpaired) electrons. The lowest BCUT2D eigenvalue weighted by molar-refractivity contribution is -0.116. The van der Waals surface area contributed by atoms with E-state index >= 15 is 0 Å². The van der Waals surface area contributed by atoms with Crippen LogP contribution in [0.4, 0.5) is 5.69 Å². The van der Waals surface area contributed by atoms with Crippen LogP contribution in [0.1, 0.15) is 42.5 Å². The maximum absolute atomic E-state index is 11.8. The maximum Gasteiger partial charge on any atom is 0.251 e. The molecule has 20 heavy (non-hydrogen) atoms. The monoisotopic (exact) mass is 276 g/mol. The van der Waals surface area contributed by atoms with Gasteiger partial charge in [0.2, 0.25) is 5.91 Å². The lowest BCUT2D eigenvalue weighted by Crippen LogP contribution is -2.25. The zero-order chi connectivity index (χ0) is 14.4. The molecule has 108 valence electrons. The van der Waals surface area contributed by atoms with E-state index in [1.807, 2.05) is 0 Å². The van der Waals surface area contributed by atoms with E-state index in [-0.39, 0.29) is 18.4 Å². The van der Waals surface area contributed by atoms with Crippen molar-refractivity contribution in [2.24, 2.45) is 0 Å². The van der Waals surface area contributed by atoms with Crippen LogP contribution in [0.25, 0.3) is 0 Å². The van der Waals surface area contributed by atoms with Crippen LogP contribution in [0.3, 0.4) is 0 Å². The summed E-state index contributed by atoms with van der Waals surface area (Å²) < 4.78 is 0. The molecule has 1 aromatic carbocycles. The molecule has 0 saturated heterocycles. The third-order valence-corrected chi connectivity index (χ3v) is 3.16. The van der Waals surface area contributed by atoms with Gasteiger partial charge in [0.25, 0.3) is 5.91 Å². The third kappa shape index (κ3) is 4.66. The van der Waals surface area contributed by atoms with Gasteiger partial charge in [-0.2, -0.15) is 0 Å². The number of benzene rings is 1. The fraction of sp³-hybridized carbons (Fsp3) is 0.467. The first-order valence-corrected chi connectivity index (χ1v) is 7.00. The minimum Gasteiger partial charge on any atom is -0.396 e. The molecular weight excluding hydrogens is 256 g/mol. The lowest BCUT2D eigenvalue weighted by atomic mass is 10.2. The molecule has 1 aliphatic rings. The minimum absolute atomic E-state index is 0.0617. The molecule has 0 aliphatic heterocycles. The molecule has 0 bridgehead atoms. The van der Waals surface area contributed by atoms with E-state index in [1.54, 1.807) is 24.3 Å². The predicted molar refractivity (Wildman–Crippen MR) is 76.5 cm³/mol. The highest BCUT2D eigenvalue weighted by Crippen LogP contribution is 2.19. The Morgan fingerprint density at radius 1 is 1.15 bits per heavy atom. The second kappa shape index (κ2) is 7.05. The van der Waals surface area contributed by atoms with Crippen molar-refractivity contribution in [3.05, 3.63) is 29.8 Å². The summed E-state index contributed by atoms with van der Waals surface area (Å²) in [5, 5.41) is 14.3. The van der Waals surface area contributed by atoms with Gasteiger partial charge in [-0.3, -0.25) is 9.59 Å². The summed E-state index contributed by atoms with van der Waals surface area (Å²) >= 11 is 0. The average molecular weight is 276 g/mol. The number of hydrogen-bond acceptors (Lipinski definition) is 3. The third-order valence-electron chi connectivity index (χ3n) is 3.16. The summed E-state index contributed by atoms with van der Waals surface area (Å²) in [4.78, 5) is 23.4. The van der Waals surface area contributed by atoms with Crippen LogP contribution < -0.4 is 10.6 Å². The summed E-state index contributed by atoms with van der Waals surface area (Å²) in [5.74, 6) is -0.137. The van der Waals surface area contributed by atoms with Crippen molar-refractivity contribution in [2.75, 3.05) is 11.9 Å². The fourth-order valence-electron chi connectivity index (χ4n) is 1.82. The Balaban J connectivity index is 1.81. The van der Waals surface area contributed by atoms with Crippen molar-refractivity contribution in [1.82, 2.24) is 5.32 Å². The number of nitrogens with one attached hydrogen (secondary N) is 2. The Kier molecular flexibility index (Phi) is 5.12. The number of unbranched alkanes of at least 4 members (excludes halogenated alkanes) is 1. The number of hydrogen-bond donors (Lipinski definition) is 3. The molecule has 1 saturated carbocycles. The van der Waals surface area contributed by atoms with Gasteiger partial charge in [-0.15, -0.1) is 0 Å². The molecule has 0 unspecified atom stereocenters. The van der Waals surface area contributed by atoms with Crippen molar-refractivity contribution in [1.29, 1.82) is 0 Å². The Hall–Kier alpha value is -1.88. The Morgan fingerprint density at radius 3 is 2.45 bits per heavy atom. The molecule has 1 aromatic rings. The van der Waals surface area contributed by atoms with Crippen molar-refractivity contribution in [3.8, 4) is 0 Å². The second-order valence-electron chi connectivity index (χ2n) is 5.05. The standard InChI is InChI=1S/C15H20N2O3/c18-10-2-1-3-14(19)16-12-6-4-11(5-7-12)15(20)17-13-8-9-13/h4-7,13,18H,1-3,8-10H2,(H,16,19)(H,17,20). The predicted octanol–water partition coefficient (Wildman–Crippen LogP) is 1.68. The van der Waals surface area contributed by atoms with E-state index in [0.29, 0.717) is 36.6 Å². The zero-order valence-corrected chi connectivity index (χ0v) is 11.4. The highest BCUT2D eigenvalue weighted by molar-refractivity contribution is 5.96. The largest absolute Gasteiger partial charge is 0.396 e. The first kappa shape index (κ1) is 14.5. The van der Waals surface area contributed by atoms with Gasteiger partial charge in [0, 0.05) is 30.3 Å². The molecule has 0 heterocycles. The summed E-state index contributed by atoms with van der Waals surface area (Å²) in [6, 6.07) is 7.22. The lowest BCUT2D eigenvalue weighted by Gasteiger charge is -2.07. The zero-order valence-electron chi connectivity index (χ0n) is 11.4. The highest BCUT2D eigenvalue weighted by Gasteiger charge is 2.23. The molecule has 0 spiro atoms. The van der Waals surface area contributed by atoms with Gasteiger partial charge in [0.1, 0.15) is 0 Å². The number of rotatable bonds is 7. The summed E-state index contributed by atoms with van der Waals surface area (Å²) in [6.45, 7) is 0.109. The van der Waals surface area contributed by atoms with Gasteiger partial charge in [-0.1, -0.05) is 0 Å². The van der Waals surface area contributed by atoms with Crippen LogP contribution in [0.15, 0.2) is 24.3 Å². The molecule has 1 fully saturated rings. The van der Waals surface area contributed by atoms with Gasteiger partial charge in [-0.25, -0.2) is 0 Å².